The fourth-order valence-corrected chi connectivity index (χ4v) is 3.87. The summed E-state index contributed by atoms with van der Waals surface area (Å²) in [6, 6.07) is 13.2. The molecule has 1 heterocycles. The summed E-state index contributed by atoms with van der Waals surface area (Å²) >= 11 is 0. The Bertz CT molecular complexity index is 918. The van der Waals surface area contributed by atoms with Crippen molar-refractivity contribution in [3.63, 3.8) is 0 Å². The molecule has 0 saturated carbocycles. The van der Waals surface area contributed by atoms with E-state index in [-0.39, 0.29) is 12.5 Å². The topological polar surface area (TPSA) is 73.9 Å². The molecule has 0 spiro atoms. The third-order valence-corrected chi connectivity index (χ3v) is 5.55. The first-order valence-corrected chi connectivity index (χ1v) is 10.9. The molecule has 1 amide bonds. The van der Waals surface area contributed by atoms with Crippen molar-refractivity contribution in [1.82, 2.24) is 0 Å². The zero-order chi connectivity index (χ0) is 22.3. The van der Waals surface area contributed by atoms with E-state index in [9.17, 15) is 9.59 Å². The van der Waals surface area contributed by atoms with E-state index in [1.165, 1.54) is 0 Å². The molecule has 6 nitrogen and oxygen atoms in total. The third-order valence-electron chi connectivity index (χ3n) is 5.55. The summed E-state index contributed by atoms with van der Waals surface area (Å²) in [5.41, 5.74) is 2.27. The van der Waals surface area contributed by atoms with Gasteiger partial charge in [0, 0.05) is 18.9 Å². The molecule has 3 rings (SSSR count). The summed E-state index contributed by atoms with van der Waals surface area (Å²) < 4.78 is 16.4. The fourth-order valence-electron chi connectivity index (χ4n) is 3.87. The van der Waals surface area contributed by atoms with E-state index in [1.54, 1.807) is 25.1 Å². The average molecular weight is 426 g/mol. The molecular formula is C25H31NO5. The number of nitrogens with one attached hydrogen (secondary N) is 1. The molecule has 1 N–H and O–H groups in total. The monoisotopic (exact) mass is 425 g/mol. The Hall–Kier alpha value is -2.86. The van der Waals surface area contributed by atoms with Crippen molar-refractivity contribution in [2.75, 3.05) is 31.7 Å². The van der Waals surface area contributed by atoms with Crippen molar-refractivity contribution in [2.24, 2.45) is 0 Å². The van der Waals surface area contributed by atoms with Gasteiger partial charge < -0.3 is 19.5 Å². The second-order valence-electron chi connectivity index (χ2n) is 7.80. The standard InChI is InChI=1S/C25H31NO5/c1-4-13-31-22-10-9-20(17-21(22)23(27)30-5-2)26-24(28)25(11-14-29-15-12-25)19-8-6-7-18(3)16-19/h6-10,16-17H,4-5,11-15H2,1-3H3,(H,26,28). The van der Waals surface area contributed by atoms with Crippen LogP contribution in [0.1, 0.15) is 54.6 Å². The van der Waals surface area contributed by atoms with Crippen LogP contribution in [0, 0.1) is 6.92 Å². The van der Waals surface area contributed by atoms with Gasteiger partial charge in [-0.1, -0.05) is 36.8 Å². The van der Waals surface area contributed by atoms with Crippen molar-refractivity contribution in [3.05, 3.63) is 59.2 Å². The molecular weight excluding hydrogens is 394 g/mol. The van der Waals surface area contributed by atoms with Crippen LogP contribution in [0.3, 0.4) is 0 Å². The normalized spacial score (nSPS) is 15.2. The maximum Gasteiger partial charge on any atom is 0.341 e. The lowest BCUT2D eigenvalue weighted by molar-refractivity contribution is -0.125. The Morgan fingerprint density at radius 3 is 2.55 bits per heavy atom. The molecule has 0 aromatic heterocycles. The predicted molar refractivity (Wildman–Crippen MR) is 120 cm³/mol. The summed E-state index contributed by atoms with van der Waals surface area (Å²) in [6.45, 7) is 7.59. The molecule has 0 bridgehead atoms. The molecule has 0 unspecified atom stereocenters. The number of carbonyl (C=O) groups excluding carboxylic acids is 2. The molecule has 0 radical (unpaired) electrons. The van der Waals surface area contributed by atoms with Crippen molar-refractivity contribution in [3.8, 4) is 5.75 Å². The SMILES string of the molecule is CCCOc1ccc(NC(=O)C2(c3cccc(C)c3)CCOCC2)cc1C(=O)OCC. The fraction of sp³-hybridized carbons (Fsp3) is 0.440. The van der Waals surface area contributed by atoms with E-state index in [2.05, 4.69) is 11.4 Å². The van der Waals surface area contributed by atoms with Gasteiger partial charge in [0.05, 0.1) is 18.6 Å². The number of hydrogen-bond donors (Lipinski definition) is 1. The van der Waals surface area contributed by atoms with Crippen LogP contribution in [0.5, 0.6) is 5.75 Å². The first kappa shape index (κ1) is 22.8. The highest BCUT2D eigenvalue weighted by atomic mass is 16.5. The van der Waals surface area contributed by atoms with E-state index >= 15 is 0 Å². The van der Waals surface area contributed by atoms with E-state index in [0.717, 1.165) is 17.5 Å². The Kier molecular flexibility index (Phi) is 7.69. The molecule has 2 aromatic rings. The quantitative estimate of drug-likeness (QED) is 0.624. The Balaban J connectivity index is 1.91. The van der Waals surface area contributed by atoms with E-state index in [4.69, 9.17) is 14.2 Å². The van der Waals surface area contributed by atoms with Crippen LogP contribution in [-0.2, 0) is 19.7 Å². The lowest BCUT2D eigenvalue weighted by Crippen LogP contribution is -2.44. The van der Waals surface area contributed by atoms with Gasteiger partial charge in [0.1, 0.15) is 11.3 Å². The van der Waals surface area contributed by atoms with Crippen LogP contribution >= 0.6 is 0 Å². The summed E-state index contributed by atoms with van der Waals surface area (Å²) in [4.78, 5) is 26.0. The molecule has 166 valence electrons. The Morgan fingerprint density at radius 1 is 1.10 bits per heavy atom. The minimum atomic E-state index is -0.675. The minimum Gasteiger partial charge on any atom is -0.493 e. The van der Waals surface area contributed by atoms with Gasteiger partial charge in [-0.25, -0.2) is 4.79 Å². The van der Waals surface area contributed by atoms with Gasteiger partial charge in [0.2, 0.25) is 5.91 Å². The average Bonchev–Trinajstić information content (AvgIpc) is 2.78. The predicted octanol–water partition coefficient (Wildman–Crippen LogP) is 4.65. The van der Waals surface area contributed by atoms with Crippen molar-refractivity contribution < 1.29 is 23.8 Å². The van der Waals surface area contributed by atoms with E-state index in [1.807, 2.05) is 32.0 Å². The number of aryl methyl sites for hydroxylation is 1. The Morgan fingerprint density at radius 2 is 1.87 bits per heavy atom. The van der Waals surface area contributed by atoms with Crippen LogP contribution in [0.4, 0.5) is 5.69 Å². The van der Waals surface area contributed by atoms with Crippen molar-refractivity contribution in [1.29, 1.82) is 0 Å². The highest BCUT2D eigenvalue weighted by molar-refractivity contribution is 6.01. The van der Waals surface area contributed by atoms with Crippen LogP contribution in [-0.4, -0.2) is 38.3 Å². The van der Waals surface area contributed by atoms with Crippen molar-refractivity contribution >= 4 is 17.6 Å². The molecule has 1 aliphatic heterocycles. The van der Waals surface area contributed by atoms with Crippen LogP contribution in [0.25, 0.3) is 0 Å². The number of ether oxygens (including phenoxy) is 3. The highest BCUT2D eigenvalue weighted by Gasteiger charge is 2.41. The van der Waals surface area contributed by atoms with Crippen LogP contribution in [0.15, 0.2) is 42.5 Å². The zero-order valence-electron chi connectivity index (χ0n) is 18.5. The zero-order valence-corrected chi connectivity index (χ0v) is 18.5. The maximum absolute atomic E-state index is 13.6. The first-order chi connectivity index (χ1) is 15.0. The largest absolute Gasteiger partial charge is 0.493 e. The van der Waals surface area contributed by atoms with Crippen LogP contribution < -0.4 is 10.1 Å². The maximum atomic E-state index is 13.6. The molecule has 0 aliphatic carbocycles. The molecule has 0 atom stereocenters. The van der Waals surface area contributed by atoms with Gasteiger partial charge in [-0.05, 0) is 56.9 Å². The number of rotatable bonds is 8. The van der Waals surface area contributed by atoms with Gasteiger partial charge >= 0.3 is 5.97 Å². The Labute approximate surface area is 183 Å². The molecule has 2 aromatic carbocycles. The number of amides is 1. The van der Waals surface area contributed by atoms with Crippen LogP contribution in [0.2, 0.25) is 0 Å². The summed E-state index contributed by atoms with van der Waals surface area (Å²) in [5.74, 6) is -0.111. The van der Waals surface area contributed by atoms with Gasteiger partial charge in [-0.15, -0.1) is 0 Å². The highest BCUT2D eigenvalue weighted by Crippen LogP contribution is 2.37. The summed E-state index contributed by atoms with van der Waals surface area (Å²) in [6.07, 6.45) is 2.03. The molecule has 1 fully saturated rings. The van der Waals surface area contributed by atoms with Gasteiger partial charge in [-0.2, -0.15) is 0 Å². The summed E-state index contributed by atoms with van der Waals surface area (Å²) in [7, 11) is 0. The third kappa shape index (κ3) is 5.25. The smallest absolute Gasteiger partial charge is 0.341 e. The number of benzene rings is 2. The molecule has 1 aliphatic rings. The van der Waals surface area contributed by atoms with Gasteiger partial charge in [0.15, 0.2) is 0 Å². The number of hydrogen-bond acceptors (Lipinski definition) is 5. The first-order valence-electron chi connectivity index (χ1n) is 10.9. The van der Waals surface area contributed by atoms with E-state index in [0.29, 0.717) is 49.7 Å². The van der Waals surface area contributed by atoms with E-state index < -0.39 is 11.4 Å². The minimum absolute atomic E-state index is 0.0987. The summed E-state index contributed by atoms with van der Waals surface area (Å²) in [5, 5.41) is 3.03. The number of esters is 1. The lowest BCUT2D eigenvalue weighted by atomic mass is 9.73. The number of carbonyl (C=O) groups is 2. The van der Waals surface area contributed by atoms with Gasteiger partial charge in [-0.3, -0.25) is 4.79 Å². The second-order valence-corrected chi connectivity index (χ2v) is 7.80. The molecule has 31 heavy (non-hydrogen) atoms. The molecule has 6 heteroatoms. The lowest BCUT2D eigenvalue weighted by Gasteiger charge is -2.36. The number of anilines is 1. The van der Waals surface area contributed by atoms with Gasteiger partial charge in [0.25, 0.3) is 0 Å². The van der Waals surface area contributed by atoms with Crippen molar-refractivity contribution in [2.45, 2.75) is 45.4 Å². The second kappa shape index (κ2) is 10.4. The molecule has 1 saturated heterocycles.